The van der Waals surface area contributed by atoms with Gasteiger partial charge in [0, 0.05) is 20.0 Å². The zero-order chi connectivity index (χ0) is 22.3. The number of para-hydroxylation sites is 1. The number of amides is 2. The van der Waals surface area contributed by atoms with Crippen molar-refractivity contribution in [2.24, 2.45) is 0 Å². The van der Waals surface area contributed by atoms with E-state index >= 15 is 0 Å². The Kier molecular flexibility index (Phi) is 7.33. The van der Waals surface area contributed by atoms with Gasteiger partial charge in [0.05, 0.1) is 17.6 Å². The average Bonchev–Trinajstić information content (AvgIpc) is 3.32. The molecule has 0 aliphatic carbocycles. The summed E-state index contributed by atoms with van der Waals surface area (Å²) in [7, 11) is 1.59. The number of aromatic nitrogens is 5. The molecule has 0 spiro atoms. The Labute approximate surface area is 168 Å². The number of halogens is 3. The van der Waals surface area contributed by atoms with Crippen LogP contribution in [0.4, 0.5) is 18.0 Å². The lowest BCUT2D eigenvalue weighted by Crippen LogP contribution is -2.38. The molecule has 0 fully saturated rings. The number of benzene rings is 1. The second kappa shape index (κ2) is 9.71. The lowest BCUT2D eigenvalue weighted by molar-refractivity contribution is -0.144. The summed E-state index contributed by atoms with van der Waals surface area (Å²) >= 11 is 0. The van der Waals surface area contributed by atoms with Crippen LogP contribution < -0.4 is 5.32 Å². The number of hydrogen-bond donors (Lipinski definition) is 4. The number of rotatable bonds is 5. The van der Waals surface area contributed by atoms with Crippen LogP contribution >= 0.6 is 0 Å². The molecule has 2 heterocycles. The zero-order valence-electron chi connectivity index (χ0n) is 16.1. The summed E-state index contributed by atoms with van der Waals surface area (Å²) in [6, 6.07) is 5.40. The van der Waals surface area contributed by atoms with E-state index in [1.54, 1.807) is 7.05 Å². The number of likely N-dealkylation sites (N-methyl/N-ethyl adjacent to an activating group) is 1. The first kappa shape index (κ1) is 22.6. The number of carboxylic acid groups (broad SMARTS) is 1. The quantitative estimate of drug-likeness (QED) is 0.460. The molecular formula is C17H20F3N7O3. The molecule has 13 heteroatoms. The molecule has 4 N–H and O–H groups in total. The molecule has 0 saturated heterocycles. The van der Waals surface area contributed by atoms with Gasteiger partial charge in [-0.1, -0.05) is 12.1 Å². The van der Waals surface area contributed by atoms with Gasteiger partial charge >= 0.3 is 12.2 Å². The van der Waals surface area contributed by atoms with E-state index in [1.807, 2.05) is 25.1 Å². The third kappa shape index (κ3) is 5.93. The molecule has 0 aliphatic rings. The lowest BCUT2D eigenvalue weighted by Gasteiger charge is -2.16. The highest BCUT2D eigenvalue weighted by atomic mass is 19.4. The molecular weight excluding hydrogens is 407 g/mol. The normalized spacial score (nSPS) is 11.0. The van der Waals surface area contributed by atoms with Gasteiger partial charge in [0.15, 0.2) is 0 Å². The predicted octanol–water partition coefficient (Wildman–Crippen LogP) is 2.09. The van der Waals surface area contributed by atoms with Gasteiger partial charge in [0.2, 0.25) is 0 Å². The number of aromatic amines is 2. The van der Waals surface area contributed by atoms with Crippen molar-refractivity contribution >= 4 is 23.5 Å². The van der Waals surface area contributed by atoms with Gasteiger partial charge in [-0.25, -0.2) is 14.8 Å². The van der Waals surface area contributed by atoms with Gasteiger partial charge in [-0.3, -0.25) is 9.89 Å². The van der Waals surface area contributed by atoms with Gasteiger partial charge in [-0.15, -0.1) is 5.10 Å². The number of nitrogens with one attached hydrogen (secondary N) is 3. The number of H-pyrrole nitrogens is 2. The van der Waals surface area contributed by atoms with E-state index < -0.39 is 18.0 Å². The summed E-state index contributed by atoms with van der Waals surface area (Å²) in [6.07, 6.45) is -4.11. The molecule has 0 atom stereocenters. The smallest absolute Gasteiger partial charge is 0.453 e. The maximum Gasteiger partial charge on any atom is 0.453 e. The molecule has 2 amide bonds. The summed E-state index contributed by atoms with van der Waals surface area (Å²) in [6.45, 7) is 1.92. The number of carbonyl (C=O) groups is 2. The number of urea groups is 1. The van der Waals surface area contributed by atoms with Gasteiger partial charge in [0.1, 0.15) is 11.6 Å². The summed E-state index contributed by atoms with van der Waals surface area (Å²) in [5.74, 6) is -0.582. The van der Waals surface area contributed by atoms with Crippen LogP contribution in [0.1, 0.15) is 23.0 Å². The van der Waals surface area contributed by atoms with Crippen molar-refractivity contribution in [2.45, 2.75) is 26.1 Å². The highest BCUT2D eigenvalue weighted by Crippen LogP contribution is 2.25. The number of nitrogens with zero attached hydrogens (tertiary/aromatic N) is 4. The molecule has 0 radical (unpaired) electrons. The second-order valence-corrected chi connectivity index (χ2v) is 6.19. The Morgan fingerprint density at radius 3 is 2.60 bits per heavy atom. The third-order valence-electron chi connectivity index (χ3n) is 3.99. The molecule has 30 heavy (non-hydrogen) atoms. The first-order chi connectivity index (χ1) is 14.2. The van der Waals surface area contributed by atoms with E-state index in [0.29, 0.717) is 13.0 Å². The van der Waals surface area contributed by atoms with Crippen LogP contribution in [0.15, 0.2) is 18.2 Å². The van der Waals surface area contributed by atoms with E-state index in [2.05, 4.69) is 30.5 Å². The molecule has 2 aromatic heterocycles. The number of carbonyl (C=O) groups excluding carboxylic acids is 1. The fourth-order valence-corrected chi connectivity index (χ4v) is 2.52. The molecule has 0 bridgehead atoms. The van der Waals surface area contributed by atoms with E-state index in [1.165, 1.54) is 4.90 Å². The van der Waals surface area contributed by atoms with Crippen molar-refractivity contribution < 1.29 is 27.9 Å². The molecule has 10 nitrogen and oxygen atoms in total. The summed E-state index contributed by atoms with van der Waals surface area (Å²) in [4.78, 5) is 32.9. The van der Waals surface area contributed by atoms with Crippen LogP contribution in [0, 0.1) is 6.92 Å². The van der Waals surface area contributed by atoms with Crippen LogP contribution in [-0.4, -0.2) is 61.3 Å². The lowest BCUT2D eigenvalue weighted by atomic mass is 10.2. The van der Waals surface area contributed by atoms with Crippen LogP contribution in [0.5, 0.6) is 0 Å². The predicted molar refractivity (Wildman–Crippen MR) is 99.5 cm³/mol. The van der Waals surface area contributed by atoms with Crippen LogP contribution in [0.2, 0.25) is 0 Å². The van der Waals surface area contributed by atoms with E-state index in [9.17, 15) is 18.0 Å². The monoisotopic (exact) mass is 427 g/mol. The zero-order valence-corrected chi connectivity index (χ0v) is 16.1. The van der Waals surface area contributed by atoms with E-state index in [4.69, 9.17) is 9.90 Å². The largest absolute Gasteiger partial charge is 0.483 e. The van der Waals surface area contributed by atoms with Crippen LogP contribution in [0.3, 0.4) is 0 Å². The first-order valence-corrected chi connectivity index (χ1v) is 8.65. The fourth-order valence-electron chi connectivity index (χ4n) is 2.52. The number of hydrogen-bond acceptors (Lipinski definition) is 5. The highest BCUT2D eigenvalue weighted by molar-refractivity contribution is 5.78. The highest BCUT2D eigenvalue weighted by Gasteiger charge is 2.36. The molecule has 3 aromatic rings. The Bertz CT molecular complexity index is 1000. The maximum absolute atomic E-state index is 12.4. The standard InChI is InChI=1S/C16H18F3N7O.CH2O2/c1-9-4-3-5-10-13(9)22-11(21-10)6-7-26(2)15(27)20-8-12-23-14(25-24-12)16(17,18)19;2-1-3/h3-5H,6-8H2,1-2H3,(H,20,27)(H,21,22)(H,23,24,25);1H,(H,2,3). The Hall–Kier alpha value is -3.64. The number of fused-ring (bicyclic) bond motifs is 1. The van der Waals surface area contributed by atoms with Crippen molar-refractivity contribution in [3.8, 4) is 0 Å². The Morgan fingerprint density at radius 2 is 2.00 bits per heavy atom. The van der Waals surface area contributed by atoms with Crippen LogP contribution in [-0.2, 0) is 23.9 Å². The number of imidazole rings is 1. The van der Waals surface area contributed by atoms with Crippen molar-refractivity contribution in [1.29, 1.82) is 0 Å². The van der Waals surface area contributed by atoms with E-state index in [0.717, 1.165) is 22.4 Å². The fraction of sp³-hybridized carbons (Fsp3) is 0.353. The topological polar surface area (TPSA) is 140 Å². The van der Waals surface area contributed by atoms with Gasteiger partial charge in [-0.05, 0) is 18.6 Å². The van der Waals surface area contributed by atoms with Crippen LogP contribution in [0.25, 0.3) is 11.0 Å². The van der Waals surface area contributed by atoms with Crippen molar-refractivity contribution in [3.05, 3.63) is 41.2 Å². The number of alkyl halides is 3. The molecule has 0 saturated carbocycles. The second-order valence-electron chi connectivity index (χ2n) is 6.19. The molecule has 0 aliphatic heterocycles. The van der Waals surface area contributed by atoms with Gasteiger partial charge in [0.25, 0.3) is 12.3 Å². The van der Waals surface area contributed by atoms with Gasteiger partial charge < -0.3 is 20.3 Å². The molecule has 3 rings (SSSR count). The Balaban J connectivity index is 0.00000101. The van der Waals surface area contributed by atoms with Gasteiger partial charge in [-0.2, -0.15) is 13.2 Å². The molecule has 1 aromatic carbocycles. The number of aryl methyl sites for hydroxylation is 1. The maximum atomic E-state index is 12.4. The minimum absolute atomic E-state index is 0.0724. The summed E-state index contributed by atoms with van der Waals surface area (Å²) in [5.41, 5.74) is 2.89. The van der Waals surface area contributed by atoms with Crippen molar-refractivity contribution in [3.63, 3.8) is 0 Å². The molecule has 162 valence electrons. The van der Waals surface area contributed by atoms with E-state index in [-0.39, 0.29) is 18.8 Å². The molecule has 0 unspecified atom stereocenters. The minimum atomic E-state index is -4.62. The summed E-state index contributed by atoms with van der Waals surface area (Å²) < 4.78 is 37.3. The minimum Gasteiger partial charge on any atom is -0.483 e. The average molecular weight is 427 g/mol. The van der Waals surface area contributed by atoms with Crippen molar-refractivity contribution in [2.75, 3.05) is 13.6 Å². The summed E-state index contributed by atoms with van der Waals surface area (Å²) in [5, 5.41) is 14.6. The SMILES string of the molecule is Cc1cccc2[nH]c(CCN(C)C(=O)NCc3nc(C(F)(F)F)n[nH]3)nc12.O=CO. The first-order valence-electron chi connectivity index (χ1n) is 8.65. The third-order valence-corrected chi connectivity index (χ3v) is 3.99. The van der Waals surface area contributed by atoms with Crippen molar-refractivity contribution in [1.82, 2.24) is 35.4 Å². The Morgan fingerprint density at radius 1 is 1.30 bits per heavy atom.